The summed E-state index contributed by atoms with van der Waals surface area (Å²) in [5.74, 6) is -0.630. The maximum atomic E-state index is 12.1. The van der Waals surface area contributed by atoms with Gasteiger partial charge < -0.3 is 10.6 Å². The number of hydrogen-bond acceptors (Lipinski definition) is 3. The Balaban J connectivity index is 1.41. The van der Waals surface area contributed by atoms with Gasteiger partial charge in [-0.1, -0.05) is 47.5 Å². The third-order valence-corrected chi connectivity index (χ3v) is 5.45. The van der Waals surface area contributed by atoms with Crippen molar-refractivity contribution in [2.24, 2.45) is 0 Å². The maximum Gasteiger partial charge on any atom is 0.251 e. The van der Waals surface area contributed by atoms with Crippen LogP contribution in [0.25, 0.3) is 0 Å². The molecule has 3 rings (SSSR count). The van der Waals surface area contributed by atoms with Crippen molar-refractivity contribution in [1.29, 1.82) is 0 Å². The van der Waals surface area contributed by atoms with E-state index in [9.17, 15) is 9.59 Å². The van der Waals surface area contributed by atoms with Crippen molar-refractivity contribution in [1.82, 2.24) is 15.5 Å². The van der Waals surface area contributed by atoms with Crippen molar-refractivity contribution in [3.8, 4) is 0 Å². The molecule has 0 spiro atoms. The first-order chi connectivity index (χ1) is 13.5. The zero-order chi connectivity index (χ0) is 19.9. The third kappa shape index (κ3) is 5.96. The summed E-state index contributed by atoms with van der Waals surface area (Å²) in [5.41, 5.74) is 2.66. The van der Waals surface area contributed by atoms with Gasteiger partial charge in [-0.3, -0.25) is 14.5 Å². The molecule has 0 unspecified atom stereocenters. The number of carbonyl (C=O) groups is 2. The van der Waals surface area contributed by atoms with Crippen LogP contribution >= 0.6 is 23.2 Å². The Kier molecular flexibility index (Phi) is 7.31. The molecule has 0 bridgehead atoms. The Labute approximate surface area is 175 Å². The van der Waals surface area contributed by atoms with E-state index in [1.807, 2.05) is 12.1 Å². The molecule has 0 aliphatic carbocycles. The Bertz CT molecular complexity index is 834. The van der Waals surface area contributed by atoms with Gasteiger partial charge in [-0.2, -0.15) is 0 Å². The highest BCUT2D eigenvalue weighted by molar-refractivity contribution is 6.42. The van der Waals surface area contributed by atoms with Gasteiger partial charge in [0.25, 0.3) is 5.91 Å². The highest BCUT2D eigenvalue weighted by Gasteiger charge is 2.12. The van der Waals surface area contributed by atoms with E-state index >= 15 is 0 Å². The molecule has 0 atom stereocenters. The average Bonchev–Trinajstić information content (AvgIpc) is 3.20. The van der Waals surface area contributed by atoms with Gasteiger partial charge in [0.1, 0.15) is 0 Å². The minimum atomic E-state index is -0.375. The molecule has 1 aliphatic rings. The van der Waals surface area contributed by atoms with Crippen LogP contribution in [0.3, 0.4) is 0 Å². The third-order valence-electron chi connectivity index (χ3n) is 4.71. The van der Waals surface area contributed by atoms with Crippen LogP contribution in [0.4, 0.5) is 0 Å². The second-order valence-corrected chi connectivity index (χ2v) is 7.70. The molecule has 7 heteroatoms. The van der Waals surface area contributed by atoms with Crippen molar-refractivity contribution >= 4 is 35.0 Å². The van der Waals surface area contributed by atoms with Gasteiger partial charge in [-0.25, -0.2) is 0 Å². The Morgan fingerprint density at radius 1 is 0.893 bits per heavy atom. The molecule has 2 aromatic carbocycles. The van der Waals surface area contributed by atoms with Crippen molar-refractivity contribution in [2.75, 3.05) is 19.6 Å². The summed E-state index contributed by atoms with van der Waals surface area (Å²) in [5, 5.41) is 6.06. The molecular weight excluding hydrogens is 397 g/mol. The van der Waals surface area contributed by atoms with Gasteiger partial charge in [0.05, 0.1) is 16.6 Å². The van der Waals surface area contributed by atoms with Crippen LogP contribution in [0.1, 0.15) is 34.3 Å². The number of nitrogens with one attached hydrogen (secondary N) is 2. The van der Waals surface area contributed by atoms with E-state index in [2.05, 4.69) is 27.7 Å². The smallest absolute Gasteiger partial charge is 0.251 e. The molecular formula is C21H23Cl2N3O2. The largest absolute Gasteiger partial charge is 0.350 e. The minimum absolute atomic E-state index is 0.105. The molecule has 5 nitrogen and oxygen atoms in total. The van der Waals surface area contributed by atoms with Crippen LogP contribution in [0, 0.1) is 0 Å². The number of hydrogen-bond donors (Lipinski definition) is 2. The van der Waals surface area contributed by atoms with Crippen molar-refractivity contribution in [3.63, 3.8) is 0 Å². The highest BCUT2D eigenvalue weighted by atomic mass is 35.5. The summed E-state index contributed by atoms with van der Waals surface area (Å²) in [6.45, 7) is 3.64. The summed E-state index contributed by atoms with van der Waals surface area (Å²) in [4.78, 5) is 26.5. The number of likely N-dealkylation sites (tertiary alicyclic amines) is 1. The van der Waals surface area contributed by atoms with E-state index < -0.39 is 0 Å². The lowest BCUT2D eigenvalue weighted by atomic mass is 10.1. The lowest BCUT2D eigenvalue weighted by Gasteiger charge is -2.14. The minimum Gasteiger partial charge on any atom is -0.350 e. The predicted octanol–water partition coefficient (Wildman–Crippen LogP) is 3.64. The molecule has 0 aromatic heterocycles. The number of nitrogens with zero attached hydrogens (tertiary/aromatic N) is 1. The molecule has 0 radical (unpaired) electrons. The van der Waals surface area contributed by atoms with E-state index in [0.29, 0.717) is 22.2 Å². The molecule has 0 saturated carbocycles. The summed E-state index contributed by atoms with van der Waals surface area (Å²) >= 11 is 11.7. The lowest BCUT2D eigenvalue weighted by Crippen LogP contribution is -2.36. The van der Waals surface area contributed by atoms with Gasteiger partial charge in [0.2, 0.25) is 5.91 Å². The first-order valence-electron chi connectivity index (χ1n) is 9.31. The van der Waals surface area contributed by atoms with Gasteiger partial charge in [0.15, 0.2) is 0 Å². The fourth-order valence-corrected chi connectivity index (χ4v) is 3.42. The normalized spacial score (nSPS) is 14.1. The van der Waals surface area contributed by atoms with Crippen molar-refractivity contribution < 1.29 is 9.59 Å². The van der Waals surface area contributed by atoms with Crippen LogP contribution < -0.4 is 10.6 Å². The maximum absolute atomic E-state index is 12.1. The molecule has 1 saturated heterocycles. The molecule has 148 valence electrons. The number of benzene rings is 2. The van der Waals surface area contributed by atoms with Gasteiger partial charge >= 0.3 is 0 Å². The van der Waals surface area contributed by atoms with Crippen LogP contribution in [0.5, 0.6) is 0 Å². The van der Waals surface area contributed by atoms with Crippen LogP contribution in [-0.2, 0) is 17.9 Å². The van der Waals surface area contributed by atoms with Gasteiger partial charge in [0, 0.05) is 18.7 Å². The standard InChI is InChI=1S/C21H23Cl2N3O2/c22-18-8-7-17(11-19(18)23)21(28)25-13-20(27)24-12-15-3-5-16(6-4-15)14-26-9-1-2-10-26/h3-8,11H,1-2,9-10,12-14H2,(H,24,27)(H,25,28). The molecule has 1 fully saturated rings. The summed E-state index contributed by atoms with van der Waals surface area (Å²) in [6, 6.07) is 12.8. The number of carbonyl (C=O) groups excluding carboxylic acids is 2. The Hall–Kier alpha value is -2.08. The second-order valence-electron chi connectivity index (χ2n) is 6.89. The van der Waals surface area contributed by atoms with Gasteiger partial charge in [-0.15, -0.1) is 0 Å². The highest BCUT2D eigenvalue weighted by Crippen LogP contribution is 2.22. The van der Waals surface area contributed by atoms with E-state index in [0.717, 1.165) is 12.1 Å². The fraction of sp³-hybridized carbons (Fsp3) is 0.333. The van der Waals surface area contributed by atoms with Gasteiger partial charge in [-0.05, 0) is 55.3 Å². The van der Waals surface area contributed by atoms with Crippen LogP contribution in [-0.4, -0.2) is 36.3 Å². The molecule has 1 heterocycles. The quantitative estimate of drug-likeness (QED) is 0.719. The molecule has 1 aliphatic heterocycles. The lowest BCUT2D eigenvalue weighted by molar-refractivity contribution is -0.120. The molecule has 2 amide bonds. The van der Waals surface area contributed by atoms with Crippen LogP contribution in [0.2, 0.25) is 10.0 Å². The Morgan fingerprint density at radius 2 is 1.57 bits per heavy atom. The monoisotopic (exact) mass is 419 g/mol. The average molecular weight is 420 g/mol. The number of amides is 2. The first kappa shape index (κ1) is 20.6. The summed E-state index contributed by atoms with van der Waals surface area (Å²) in [6.07, 6.45) is 2.57. The zero-order valence-corrected chi connectivity index (χ0v) is 17.0. The predicted molar refractivity (Wildman–Crippen MR) is 112 cm³/mol. The molecule has 28 heavy (non-hydrogen) atoms. The van der Waals surface area contributed by atoms with E-state index in [1.54, 1.807) is 12.1 Å². The topological polar surface area (TPSA) is 61.4 Å². The summed E-state index contributed by atoms with van der Waals surface area (Å²) < 4.78 is 0. The van der Waals surface area contributed by atoms with Crippen LogP contribution in [0.15, 0.2) is 42.5 Å². The molecule has 2 N–H and O–H groups in total. The SMILES string of the molecule is O=C(CNC(=O)c1ccc(Cl)c(Cl)c1)NCc1ccc(CN2CCCC2)cc1. The van der Waals surface area contributed by atoms with Crippen molar-refractivity contribution in [2.45, 2.75) is 25.9 Å². The fourth-order valence-electron chi connectivity index (χ4n) is 3.12. The summed E-state index contributed by atoms with van der Waals surface area (Å²) in [7, 11) is 0. The number of rotatable bonds is 7. The van der Waals surface area contributed by atoms with Crippen molar-refractivity contribution in [3.05, 3.63) is 69.2 Å². The van der Waals surface area contributed by atoms with E-state index in [-0.39, 0.29) is 18.4 Å². The zero-order valence-electron chi connectivity index (χ0n) is 15.5. The first-order valence-corrected chi connectivity index (χ1v) is 10.1. The second kappa shape index (κ2) is 9.92. The van der Waals surface area contributed by atoms with E-state index in [1.165, 1.54) is 37.6 Å². The number of halogens is 2. The molecule has 2 aromatic rings. The van der Waals surface area contributed by atoms with E-state index in [4.69, 9.17) is 23.2 Å². The Morgan fingerprint density at radius 3 is 2.25 bits per heavy atom.